The molecular formula is C14H18F4N2O2S. The van der Waals surface area contributed by atoms with Gasteiger partial charge in [-0.3, -0.25) is 0 Å². The van der Waals surface area contributed by atoms with Crippen molar-refractivity contribution in [2.75, 3.05) is 13.1 Å². The van der Waals surface area contributed by atoms with E-state index in [-0.39, 0.29) is 25.0 Å². The molecule has 0 radical (unpaired) electrons. The van der Waals surface area contributed by atoms with Crippen molar-refractivity contribution in [2.45, 2.75) is 36.9 Å². The van der Waals surface area contributed by atoms with Crippen LogP contribution in [-0.4, -0.2) is 31.9 Å². The zero-order valence-corrected chi connectivity index (χ0v) is 13.3. The quantitative estimate of drug-likeness (QED) is 0.849. The molecule has 0 unspecified atom stereocenters. The van der Waals surface area contributed by atoms with Gasteiger partial charge in [-0.25, -0.2) is 12.8 Å². The molecule has 0 aromatic heterocycles. The Morgan fingerprint density at radius 2 is 2.00 bits per heavy atom. The van der Waals surface area contributed by atoms with E-state index in [1.165, 1.54) is 0 Å². The molecule has 1 fully saturated rings. The summed E-state index contributed by atoms with van der Waals surface area (Å²) in [4.78, 5) is -0.559. The van der Waals surface area contributed by atoms with Gasteiger partial charge >= 0.3 is 6.18 Å². The predicted molar refractivity (Wildman–Crippen MR) is 76.5 cm³/mol. The van der Waals surface area contributed by atoms with Crippen LogP contribution in [0.4, 0.5) is 17.6 Å². The lowest BCUT2D eigenvalue weighted by atomic mass is 9.93. The van der Waals surface area contributed by atoms with Gasteiger partial charge in [-0.1, -0.05) is 0 Å². The van der Waals surface area contributed by atoms with Crippen molar-refractivity contribution >= 4 is 10.0 Å². The largest absolute Gasteiger partial charge is 0.419 e. The summed E-state index contributed by atoms with van der Waals surface area (Å²) in [5.74, 6) is -1.55. The Morgan fingerprint density at radius 3 is 2.57 bits per heavy atom. The third-order valence-corrected chi connectivity index (χ3v) is 5.91. The summed E-state index contributed by atoms with van der Waals surface area (Å²) in [7, 11) is -4.12. The molecule has 9 heteroatoms. The molecule has 4 nitrogen and oxygen atoms in total. The van der Waals surface area contributed by atoms with Crippen molar-refractivity contribution in [2.24, 2.45) is 11.7 Å². The number of nitrogens with zero attached hydrogens (tertiary/aromatic N) is 1. The summed E-state index contributed by atoms with van der Waals surface area (Å²) in [6, 6.07) is 1.52. The van der Waals surface area contributed by atoms with Gasteiger partial charge in [-0.2, -0.15) is 17.5 Å². The molecule has 23 heavy (non-hydrogen) atoms. The van der Waals surface area contributed by atoms with Crippen molar-refractivity contribution in [3.8, 4) is 0 Å². The molecule has 1 saturated heterocycles. The Kier molecular flexibility index (Phi) is 5.03. The zero-order valence-electron chi connectivity index (χ0n) is 12.5. The van der Waals surface area contributed by atoms with Crippen LogP contribution in [0.5, 0.6) is 0 Å². The average molecular weight is 354 g/mol. The number of benzene rings is 1. The van der Waals surface area contributed by atoms with Crippen molar-refractivity contribution in [3.05, 3.63) is 29.6 Å². The van der Waals surface area contributed by atoms with Gasteiger partial charge in [0.2, 0.25) is 10.0 Å². The van der Waals surface area contributed by atoms with Crippen LogP contribution in [0.2, 0.25) is 0 Å². The Hall–Kier alpha value is -1.19. The first-order chi connectivity index (χ1) is 10.5. The number of nitrogens with two attached hydrogens (primary N) is 1. The van der Waals surface area contributed by atoms with E-state index in [0.717, 1.165) is 16.8 Å². The maximum Gasteiger partial charge on any atom is 0.419 e. The van der Waals surface area contributed by atoms with Gasteiger partial charge in [-0.15, -0.1) is 0 Å². The van der Waals surface area contributed by atoms with E-state index in [1.807, 2.05) is 0 Å². The summed E-state index contributed by atoms with van der Waals surface area (Å²) in [6.45, 7) is 2.13. The zero-order chi connectivity index (χ0) is 17.4. The fourth-order valence-electron chi connectivity index (χ4n) is 2.65. The summed E-state index contributed by atoms with van der Waals surface area (Å²) in [6.07, 6.45) is -3.61. The van der Waals surface area contributed by atoms with Crippen LogP contribution < -0.4 is 5.73 Å². The minimum Gasteiger partial charge on any atom is -0.328 e. The molecule has 0 spiro atoms. The van der Waals surface area contributed by atoms with Crippen molar-refractivity contribution < 1.29 is 26.0 Å². The molecule has 1 aliphatic heterocycles. The van der Waals surface area contributed by atoms with Crippen LogP contribution in [-0.2, 0) is 16.2 Å². The van der Waals surface area contributed by atoms with Crippen LogP contribution >= 0.6 is 0 Å². The highest BCUT2D eigenvalue weighted by atomic mass is 32.2. The highest BCUT2D eigenvalue weighted by Gasteiger charge is 2.37. The Balaban J connectivity index is 2.36. The second-order valence-corrected chi connectivity index (χ2v) is 7.70. The summed E-state index contributed by atoms with van der Waals surface area (Å²) in [5.41, 5.74) is 4.21. The minimum absolute atomic E-state index is 0.0546. The number of sulfonamides is 1. The van der Waals surface area contributed by atoms with Gasteiger partial charge in [-0.05, 0) is 43.9 Å². The molecule has 0 bridgehead atoms. The molecule has 0 amide bonds. The molecular weight excluding hydrogens is 336 g/mol. The van der Waals surface area contributed by atoms with Crippen LogP contribution in [0.25, 0.3) is 0 Å². The molecule has 0 saturated carbocycles. The smallest absolute Gasteiger partial charge is 0.328 e. The predicted octanol–water partition coefficient (Wildman–Crippen LogP) is 2.59. The monoisotopic (exact) mass is 354 g/mol. The average Bonchev–Trinajstić information content (AvgIpc) is 2.46. The van der Waals surface area contributed by atoms with Crippen LogP contribution in [0.3, 0.4) is 0 Å². The lowest BCUT2D eigenvalue weighted by Crippen LogP contribution is -2.45. The van der Waals surface area contributed by atoms with Gasteiger partial charge < -0.3 is 5.73 Å². The Labute approximate surface area is 132 Å². The minimum atomic E-state index is -4.95. The normalized spacial score (nSPS) is 22.1. The van der Waals surface area contributed by atoms with Crippen molar-refractivity contribution in [1.82, 2.24) is 4.31 Å². The van der Waals surface area contributed by atoms with Crippen molar-refractivity contribution in [1.29, 1.82) is 0 Å². The molecule has 1 aromatic rings. The fourth-order valence-corrected chi connectivity index (χ4v) is 4.21. The standard InChI is InChI=1S/C14H18F4N2O2S/c1-9(19)10-3-2-6-20(8-10)23(21,22)11-4-5-13(15)12(7-11)14(16,17)18/h4-5,7,9-10H,2-3,6,8,19H2,1H3/t9-,10+/m0/s1. The number of rotatable bonds is 3. The van der Waals surface area contributed by atoms with E-state index in [0.29, 0.717) is 18.6 Å². The highest BCUT2D eigenvalue weighted by molar-refractivity contribution is 7.89. The molecule has 2 N–H and O–H groups in total. The fraction of sp³-hybridized carbons (Fsp3) is 0.571. The number of hydrogen-bond acceptors (Lipinski definition) is 3. The van der Waals surface area contributed by atoms with Gasteiger partial charge in [0.1, 0.15) is 5.82 Å². The van der Waals surface area contributed by atoms with Gasteiger partial charge in [0.25, 0.3) is 0 Å². The second kappa shape index (κ2) is 6.37. The van der Waals surface area contributed by atoms with Crippen LogP contribution in [0.15, 0.2) is 23.1 Å². The first kappa shape index (κ1) is 18.2. The topological polar surface area (TPSA) is 63.4 Å². The molecule has 0 aliphatic carbocycles. The first-order valence-corrected chi connectivity index (χ1v) is 8.60. The molecule has 2 atom stereocenters. The van der Waals surface area contributed by atoms with E-state index < -0.39 is 32.5 Å². The first-order valence-electron chi connectivity index (χ1n) is 7.16. The van der Waals surface area contributed by atoms with E-state index in [1.54, 1.807) is 6.92 Å². The van der Waals surface area contributed by atoms with Crippen molar-refractivity contribution in [3.63, 3.8) is 0 Å². The lowest BCUT2D eigenvalue weighted by molar-refractivity contribution is -0.140. The molecule has 1 aromatic carbocycles. The van der Waals surface area contributed by atoms with Gasteiger partial charge in [0.05, 0.1) is 10.5 Å². The highest BCUT2D eigenvalue weighted by Crippen LogP contribution is 2.34. The lowest BCUT2D eigenvalue weighted by Gasteiger charge is -2.33. The molecule has 130 valence electrons. The second-order valence-electron chi connectivity index (χ2n) is 5.76. The van der Waals surface area contributed by atoms with Crippen LogP contribution in [0, 0.1) is 11.7 Å². The summed E-state index contributed by atoms with van der Waals surface area (Å²) >= 11 is 0. The van der Waals surface area contributed by atoms with E-state index >= 15 is 0 Å². The van der Waals surface area contributed by atoms with Gasteiger partial charge in [0, 0.05) is 19.1 Å². The SMILES string of the molecule is C[C@H](N)[C@@H]1CCCN(S(=O)(=O)c2ccc(F)c(C(F)(F)F)c2)C1. The summed E-state index contributed by atoms with van der Waals surface area (Å²) in [5, 5.41) is 0. The Morgan fingerprint density at radius 1 is 1.35 bits per heavy atom. The number of hydrogen-bond donors (Lipinski definition) is 1. The van der Waals surface area contributed by atoms with Crippen LogP contribution in [0.1, 0.15) is 25.3 Å². The number of halogens is 4. The number of piperidine rings is 1. The van der Waals surface area contributed by atoms with Gasteiger partial charge in [0.15, 0.2) is 0 Å². The van der Waals surface area contributed by atoms with E-state index in [9.17, 15) is 26.0 Å². The third-order valence-electron chi connectivity index (χ3n) is 4.05. The van der Waals surface area contributed by atoms with E-state index in [4.69, 9.17) is 5.73 Å². The molecule has 1 aliphatic rings. The number of alkyl halides is 3. The maximum absolute atomic E-state index is 13.3. The maximum atomic E-state index is 13.3. The third kappa shape index (κ3) is 3.84. The Bertz CT molecular complexity index is 674. The molecule has 1 heterocycles. The summed E-state index contributed by atoms with van der Waals surface area (Å²) < 4.78 is 77.8. The van der Waals surface area contributed by atoms with E-state index in [2.05, 4.69) is 0 Å². The molecule has 2 rings (SSSR count).